The number of phenols is 1. The monoisotopic (exact) mass is 364 g/mol. The van der Waals surface area contributed by atoms with Gasteiger partial charge in [-0.15, -0.1) is 0 Å². The number of nitrogens with one attached hydrogen (secondary N) is 1. The predicted octanol–water partition coefficient (Wildman–Crippen LogP) is 4.50. The van der Waals surface area contributed by atoms with Gasteiger partial charge in [-0.05, 0) is 42.5 Å². The van der Waals surface area contributed by atoms with Gasteiger partial charge in [-0.3, -0.25) is 0 Å². The van der Waals surface area contributed by atoms with E-state index in [1.54, 1.807) is 42.5 Å². The number of para-hydroxylation sites is 1. The van der Waals surface area contributed by atoms with Gasteiger partial charge in [-0.25, -0.2) is 5.10 Å². The van der Waals surface area contributed by atoms with Crippen LogP contribution in [0.1, 0.15) is 5.56 Å². The molecule has 0 aliphatic heterocycles. The third kappa shape index (κ3) is 3.29. The normalized spacial score (nSPS) is 11.2. The molecule has 2 N–H and O–H groups in total. The Morgan fingerprint density at radius 2 is 2.00 bits per heavy atom. The molecule has 2 aromatic carbocycles. The average molecular weight is 365 g/mol. The van der Waals surface area contributed by atoms with Crippen LogP contribution in [0.25, 0.3) is 11.4 Å². The zero-order chi connectivity index (χ0) is 16.4. The SMILES string of the molecule is Oc1ccccc1/C=N/n1c(-c2ccc(Cl)cc2Cl)n[nH]c1=S. The second-order valence-electron chi connectivity index (χ2n) is 4.59. The fourth-order valence-electron chi connectivity index (χ4n) is 1.96. The van der Waals surface area contributed by atoms with E-state index in [0.717, 1.165) is 0 Å². The van der Waals surface area contributed by atoms with Gasteiger partial charge < -0.3 is 5.11 Å². The summed E-state index contributed by atoms with van der Waals surface area (Å²) in [6.07, 6.45) is 1.49. The third-order valence-corrected chi connectivity index (χ3v) is 3.88. The van der Waals surface area contributed by atoms with E-state index in [4.69, 9.17) is 35.4 Å². The molecule has 0 atom stereocenters. The molecule has 0 fully saturated rings. The summed E-state index contributed by atoms with van der Waals surface area (Å²) in [5.41, 5.74) is 1.20. The van der Waals surface area contributed by atoms with Crippen LogP contribution in [-0.2, 0) is 0 Å². The first-order valence-corrected chi connectivity index (χ1v) is 7.68. The maximum absolute atomic E-state index is 9.78. The number of aromatic hydroxyl groups is 1. The van der Waals surface area contributed by atoms with E-state index >= 15 is 0 Å². The fourth-order valence-corrected chi connectivity index (χ4v) is 2.63. The number of hydrogen-bond acceptors (Lipinski definition) is 4. The molecule has 3 rings (SSSR count). The minimum Gasteiger partial charge on any atom is -0.507 e. The summed E-state index contributed by atoms with van der Waals surface area (Å²) in [5, 5.41) is 21.9. The van der Waals surface area contributed by atoms with Gasteiger partial charge in [0.05, 0.1) is 11.2 Å². The number of nitrogens with zero attached hydrogens (tertiary/aromatic N) is 3. The molecule has 3 aromatic rings. The Morgan fingerprint density at radius 3 is 2.74 bits per heavy atom. The maximum Gasteiger partial charge on any atom is 0.216 e. The highest BCUT2D eigenvalue weighted by Gasteiger charge is 2.12. The van der Waals surface area contributed by atoms with Crippen LogP contribution in [0, 0.1) is 4.77 Å². The van der Waals surface area contributed by atoms with Crippen LogP contribution < -0.4 is 0 Å². The number of phenolic OH excluding ortho intramolecular Hbond substituents is 1. The highest BCUT2D eigenvalue weighted by molar-refractivity contribution is 7.71. The minimum absolute atomic E-state index is 0.123. The smallest absolute Gasteiger partial charge is 0.216 e. The Hall–Kier alpha value is -2.15. The lowest BCUT2D eigenvalue weighted by molar-refractivity contribution is 0.474. The summed E-state index contributed by atoms with van der Waals surface area (Å²) in [6, 6.07) is 11.9. The zero-order valence-electron chi connectivity index (χ0n) is 11.6. The molecule has 1 aromatic heterocycles. The Kier molecular flexibility index (Phi) is 4.47. The lowest BCUT2D eigenvalue weighted by Crippen LogP contribution is -1.95. The van der Waals surface area contributed by atoms with Crippen LogP contribution in [0.5, 0.6) is 5.75 Å². The zero-order valence-corrected chi connectivity index (χ0v) is 13.9. The second-order valence-corrected chi connectivity index (χ2v) is 5.82. The third-order valence-electron chi connectivity index (χ3n) is 3.07. The quantitative estimate of drug-likeness (QED) is 0.530. The number of aromatic amines is 1. The number of aromatic nitrogens is 3. The molecular weight excluding hydrogens is 355 g/mol. The van der Waals surface area contributed by atoms with Gasteiger partial charge in [0.1, 0.15) is 5.75 Å². The molecule has 0 radical (unpaired) electrons. The Labute approximate surface area is 146 Å². The Bertz CT molecular complexity index is 949. The first kappa shape index (κ1) is 15.7. The van der Waals surface area contributed by atoms with Gasteiger partial charge in [0.2, 0.25) is 4.77 Å². The molecule has 0 aliphatic carbocycles. The van der Waals surface area contributed by atoms with Crippen molar-refractivity contribution in [2.45, 2.75) is 0 Å². The molecule has 1 heterocycles. The van der Waals surface area contributed by atoms with Crippen molar-refractivity contribution in [2.24, 2.45) is 5.10 Å². The van der Waals surface area contributed by atoms with Crippen molar-refractivity contribution in [1.82, 2.24) is 14.9 Å². The number of hydrogen-bond donors (Lipinski definition) is 2. The minimum atomic E-state index is 0.123. The van der Waals surface area contributed by atoms with Gasteiger partial charge in [0.25, 0.3) is 0 Å². The molecule has 0 saturated carbocycles. The van der Waals surface area contributed by atoms with Crippen LogP contribution >= 0.6 is 35.4 Å². The summed E-state index contributed by atoms with van der Waals surface area (Å²) >= 11 is 17.3. The van der Waals surface area contributed by atoms with Crippen molar-refractivity contribution < 1.29 is 5.11 Å². The molecular formula is C15H10Cl2N4OS. The van der Waals surface area contributed by atoms with Crippen LogP contribution in [-0.4, -0.2) is 26.2 Å². The molecule has 0 spiro atoms. The van der Waals surface area contributed by atoms with Crippen LogP contribution in [0.3, 0.4) is 0 Å². The molecule has 0 saturated heterocycles. The Balaban J connectivity index is 2.06. The van der Waals surface area contributed by atoms with Crippen molar-refractivity contribution in [3.63, 3.8) is 0 Å². The molecule has 116 valence electrons. The van der Waals surface area contributed by atoms with Crippen LogP contribution in [0.15, 0.2) is 47.6 Å². The van der Waals surface area contributed by atoms with Gasteiger partial charge in [-0.1, -0.05) is 35.3 Å². The van der Waals surface area contributed by atoms with Gasteiger partial charge >= 0.3 is 0 Å². The van der Waals surface area contributed by atoms with Crippen molar-refractivity contribution in [3.05, 3.63) is 62.8 Å². The van der Waals surface area contributed by atoms with E-state index in [-0.39, 0.29) is 5.75 Å². The molecule has 5 nitrogen and oxygen atoms in total. The topological polar surface area (TPSA) is 66.2 Å². The summed E-state index contributed by atoms with van der Waals surface area (Å²) in [4.78, 5) is 0. The van der Waals surface area contributed by atoms with E-state index in [9.17, 15) is 5.11 Å². The predicted molar refractivity (Wildman–Crippen MR) is 94.0 cm³/mol. The largest absolute Gasteiger partial charge is 0.507 e. The standard InChI is InChI=1S/C15H10Cl2N4OS/c16-10-5-6-11(12(17)7-10)14-19-20-15(23)21(14)18-8-9-3-1-2-4-13(9)22/h1-8,22H,(H,20,23)/b18-8+. The van der Waals surface area contributed by atoms with Gasteiger partial charge in [-0.2, -0.15) is 14.9 Å². The number of H-pyrrole nitrogens is 1. The summed E-state index contributed by atoms with van der Waals surface area (Å²) in [7, 11) is 0. The van der Waals surface area contributed by atoms with E-state index in [0.29, 0.717) is 31.8 Å². The number of halogens is 2. The lowest BCUT2D eigenvalue weighted by Gasteiger charge is -2.04. The molecule has 0 bridgehead atoms. The first-order valence-electron chi connectivity index (χ1n) is 6.51. The van der Waals surface area contributed by atoms with E-state index in [1.807, 2.05) is 0 Å². The van der Waals surface area contributed by atoms with Crippen molar-refractivity contribution >= 4 is 41.6 Å². The highest BCUT2D eigenvalue weighted by Crippen LogP contribution is 2.29. The lowest BCUT2D eigenvalue weighted by atomic mass is 10.2. The molecule has 8 heteroatoms. The fraction of sp³-hybridized carbons (Fsp3) is 0. The van der Waals surface area contributed by atoms with Gasteiger partial charge in [0.15, 0.2) is 5.82 Å². The van der Waals surface area contributed by atoms with Crippen molar-refractivity contribution in [2.75, 3.05) is 0 Å². The van der Waals surface area contributed by atoms with Crippen LogP contribution in [0.4, 0.5) is 0 Å². The first-order chi connectivity index (χ1) is 11.1. The van der Waals surface area contributed by atoms with E-state index < -0.39 is 0 Å². The molecule has 0 aliphatic rings. The average Bonchev–Trinajstić information content (AvgIpc) is 2.87. The molecule has 0 unspecified atom stereocenters. The summed E-state index contributed by atoms with van der Waals surface area (Å²) < 4.78 is 1.73. The van der Waals surface area contributed by atoms with Crippen molar-refractivity contribution in [1.29, 1.82) is 0 Å². The van der Waals surface area contributed by atoms with Gasteiger partial charge in [0, 0.05) is 16.1 Å². The van der Waals surface area contributed by atoms with Crippen LogP contribution in [0.2, 0.25) is 10.0 Å². The second kappa shape index (κ2) is 6.54. The molecule has 0 amide bonds. The van der Waals surface area contributed by atoms with E-state index in [1.165, 1.54) is 10.9 Å². The highest BCUT2D eigenvalue weighted by atomic mass is 35.5. The van der Waals surface area contributed by atoms with E-state index in [2.05, 4.69) is 15.3 Å². The maximum atomic E-state index is 9.78. The number of rotatable bonds is 3. The summed E-state index contributed by atoms with van der Waals surface area (Å²) in [6.45, 7) is 0. The number of benzene rings is 2. The Morgan fingerprint density at radius 1 is 1.22 bits per heavy atom. The summed E-state index contributed by atoms with van der Waals surface area (Å²) in [5.74, 6) is 0.570. The van der Waals surface area contributed by atoms with Crippen molar-refractivity contribution in [3.8, 4) is 17.1 Å². The molecule has 23 heavy (non-hydrogen) atoms.